The lowest BCUT2D eigenvalue weighted by Crippen LogP contribution is -2.39. The molecule has 0 aromatic rings. The van der Waals surface area contributed by atoms with Crippen molar-refractivity contribution in [3.05, 3.63) is 0 Å². The molecule has 0 heterocycles. The van der Waals surface area contributed by atoms with E-state index in [-0.39, 0.29) is 11.8 Å². The molecule has 1 fully saturated rings. The molecule has 0 aromatic carbocycles. The van der Waals surface area contributed by atoms with Crippen LogP contribution in [0.5, 0.6) is 0 Å². The minimum atomic E-state index is 0.124. The van der Waals surface area contributed by atoms with Gasteiger partial charge in [-0.05, 0) is 31.6 Å². The Morgan fingerprint density at radius 2 is 1.62 bits per heavy atom. The van der Waals surface area contributed by atoms with Crippen LogP contribution < -0.4 is 5.32 Å². The quantitative estimate of drug-likeness (QED) is 0.764. The third-order valence-corrected chi connectivity index (χ3v) is 2.89. The lowest BCUT2D eigenvalue weighted by Gasteiger charge is -2.27. The van der Waals surface area contributed by atoms with Crippen molar-refractivity contribution in [1.29, 1.82) is 0 Å². The second-order valence-corrected chi connectivity index (χ2v) is 5.33. The predicted octanol–water partition coefficient (Wildman–Crippen LogP) is 3.75. The van der Waals surface area contributed by atoms with Gasteiger partial charge in [0, 0.05) is 12.0 Å². The number of amides is 1. The van der Waals surface area contributed by atoms with E-state index in [9.17, 15) is 4.79 Å². The topological polar surface area (TPSA) is 29.1 Å². The molecule has 1 aliphatic rings. The number of hydrogen-bond donors (Lipinski definition) is 1. The van der Waals surface area contributed by atoms with E-state index < -0.39 is 0 Å². The summed E-state index contributed by atoms with van der Waals surface area (Å²) in [5.41, 5.74) is 0. The van der Waals surface area contributed by atoms with Crippen LogP contribution in [0.2, 0.25) is 0 Å². The molecule has 0 bridgehead atoms. The Kier molecular flexibility index (Phi) is 8.32. The summed E-state index contributed by atoms with van der Waals surface area (Å²) in [7, 11) is 0. The van der Waals surface area contributed by atoms with Crippen LogP contribution in [-0.4, -0.2) is 11.9 Å². The molecule has 0 saturated heterocycles. The summed E-state index contributed by atoms with van der Waals surface area (Å²) in [6.07, 6.45) is 6.12. The molecule has 0 radical (unpaired) electrons. The smallest absolute Gasteiger partial charge is 0.222 e. The normalized spacial score (nSPS) is 24.6. The third kappa shape index (κ3) is 6.86. The molecule has 0 spiro atoms. The van der Waals surface area contributed by atoms with E-state index >= 15 is 0 Å². The zero-order valence-corrected chi connectivity index (χ0v) is 11.7. The van der Waals surface area contributed by atoms with E-state index in [1.54, 1.807) is 0 Å². The summed E-state index contributed by atoms with van der Waals surface area (Å²) < 4.78 is 0. The highest BCUT2D eigenvalue weighted by Crippen LogP contribution is 2.23. The molecule has 0 atom stereocenters. The van der Waals surface area contributed by atoms with Gasteiger partial charge in [-0.25, -0.2) is 0 Å². The van der Waals surface area contributed by atoms with E-state index in [1.165, 1.54) is 32.1 Å². The Bertz CT molecular complexity index is 181. The minimum Gasteiger partial charge on any atom is -0.353 e. The molecule has 0 aliphatic heterocycles. The Morgan fingerprint density at radius 3 is 2.00 bits per heavy atom. The molecule has 2 nitrogen and oxygen atoms in total. The second kappa shape index (κ2) is 8.60. The van der Waals surface area contributed by atoms with Gasteiger partial charge in [0.25, 0.3) is 0 Å². The number of carbonyl (C=O) groups excluding carboxylic acids is 1. The van der Waals surface area contributed by atoms with Gasteiger partial charge < -0.3 is 5.32 Å². The first-order chi connectivity index (χ1) is 7.51. The van der Waals surface area contributed by atoms with Crippen molar-refractivity contribution in [2.24, 2.45) is 11.8 Å². The minimum absolute atomic E-state index is 0.124. The molecular formula is C14H29NO. The fourth-order valence-corrected chi connectivity index (χ4v) is 1.77. The lowest BCUT2D eigenvalue weighted by molar-refractivity contribution is -0.124. The number of hydrogen-bond acceptors (Lipinski definition) is 1. The highest BCUT2D eigenvalue weighted by molar-refractivity contribution is 5.78. The van der Waals surface area contributed by atoms with E-state index in [0.717, 1.165) is 5.92 Å². The van der Waals surface area contributed by atoms with Crippen molar-refractivity contribution >= 4 is 5.91 Å². The molecule has 1 saturated carbocycles. The highest BCUT2D eigenvalue weighted by atomic mass is 16.1. The average molecular weight is 227 g/mol. The Labute approximate surface area is 101 Å². The monoisotopic (exact) mass is 227 g/mol. The fraction of sp³-hybridized carbons (Fsp3) is 0.929. The molecule has 1 rings (SSSR count). The van der Waals surface area contributed by atoms with Crippen LogP contribution >= 0.6 is 0 Å². The van der Waals surface area contributed by atoms with Crippen LogP contribution in [0.15, 0.2) is 0 Å². The van der Waals surface area contributed by atoms with Crippen LogP contribution in [0, 0.1) is 11.8 Å². The molecule has 1 aliphatic carbocycles. The van der Waals surface area contributed by atoms with Gasteiger partial charge in [0.1, 0.15) is 0 Å². The third-order valence-electron chi connectivity index (χ3n) is 2.89. The van der Waals surface area contributed by atoms with Crippen LogP contribution in [0.1, 0.15) is 66.7 Å². The molecule has 96 valence electrons. The highest BCUT2D eigenvalue weighted by Gasteiger charge is 2.20. The van der Waals surface area contributed by atoms with Crippen molar-refractivity contribution in [1.82, 2.24) is 5.32 Å². The maximum Gasteiger partial charge on any atom is 0.222 e. The van der Waals surface area contributed by atoms with Gasteiger partial charge in [-0.3, -0.25) is 4.79 Å². The van der Waals surface area contributed by atoms with Crippen LogP contribution in [-0.2, 0) is 4.79 Å². The average Bonchev–Trinajstić information content (AvgIpc) is 2.22. The van der Waals surface area contributed by atoms with E-state index in [2.05, 4.69) is 26.1 Å². The Balaban J connectivity index is 0.000000673. The zero-order chi connectivity index (χ0) is 12.6. The standard InChI is InChI=1S/C11H21NO.C3H8/c1-8(2)11(13)12-10-6-4-9(3)5-7-10;1-3-2/h8-10H,4-7H2,1-3H3,(H,12,13);3H2,1-2H3. The zero-order valence-electron chi connectivity index (χ0n) is 11.7. The Hall–Kier alpha value is -0.530. The maximum absolute atomic E-state index is 11.4. The van der Waals surface area contributed by atoms with Crippen LogP contribution in [0.25, 0.3) is 0 Å². The molecule has 16 heavy (non-hydrogen) atoms. The summed E-state index contributed by atoms with van der Waals surface area (Å²) in [5, 5.41) is 3.10. The predicted molar refractivity (Wildman–Crippen MR) is 70.4 cm³/mol. The van der Waals surface area contributed by atoms with E-state index in [4.69, 9.17) is 0 Å². The Morgan fingerprint density at radius 1 is 1.19 bits per heavy atom. The van der Waals surface area contributed by atoms with Gasteiger partial charge >= 0.3 is 0 Å². The number of nitrogens with one attached hydrogen (secondary N) is 1. The van der Waals surface area contributed by atoms with Crippen LogP contribution in [0.3, 0.4) is 0 Å². The summed E-state index contributed by atoms with van der Waals surface area (Å²) in [6.45, 7) is 10.4. The van der Waals surface area contributed by atoms with Crippen LogP contribution in [0.4, 0.5) is 0 Å². The van der Waals surface area contributed by atoms with Gasteiger partial charge in [0.15, 0.2) is 0 Å². The van der Waals surface area contributed by atoms with Gasteiger partial charge in [0.05, 0.1) is 0 Å². The number of rotatable bonds is 2. The number of carbonyl (C=O) groups is 1. The molecule has 1 N–H and O–H groups in total. The molecule has 2 heteroatoms. The maximum atomic E-state index is 11.4. The summed E-state index contributed by atoms with van der Waals surface area (Å²) >= 11 is 0. The first kappa shape index (κ1) is 15.5. The van der Waals surface area contributed by atoms with Crippen molar-refractivity contribution < 1.29 is 4.79 Å². The van der Waals surface area contributed by atoms with E-state index in [1.807, 2.05) is 13.8 Å². The fourth-order valence-electron chi connectivity index (χ4n) is 1.77. The molecule has 0 aromatic heterocycles. The molecule has 0 unspecified atom stereocenters. The van der Waals surface area contributed by atoms with Gasteiger partial charge in [0.2, 0.25) is 5.91 Å². The second-order valence-electron chi connectivity index (χ2n) is 5.33. The SMILES string of the molecule is CC1CCC(NC(=O)C(C)C)CC1.CCC. The van der Waals surface area contributed by atoms with Gasteiger partial charge in [-0.15, -0.1) is 0 Å². The van der Waals surface area contributed by atoms with Crippen molar-refractivity contribution in [3.63, 3.8) is 0 Å². The summed E-state index contributed by atoms with van der Waals surface area (Å²) in [6, 6.07) is 0.450. The van der Waals surface area contributed by atoms with Crippen molar-refractivity contribution in [2.45, 2.75) is 72.8 Å². The first-order valence-electron chi connectivity index (χ1n) is 6.81. The first-order valence-corrected chi connectivity index (χ1v) is 6.81. The van der Waals surface area contributed by atoms with Gasteiger partial charge in [-0.2, -0.15) is 0 Å². The van der Waals surface area contributed by atoms with E-state index in [0.29, 0.717) is 6.04 Å². The van der Waals surface area contributed by atoms with Gasteiger partial charge in [-0.1, -0.05) is 41.0 Å². The largest absolute Gasteiger partial charge is 0.353 e. The summed E-state index contributed by atoms with van der Waals surface area (Å²) in [4.78, 5) is 11.4. The van der Waals surface area contributed by atoms with Crippen molar-refractivity contribution in [3.8, 4) is 0 Å². The molecular weight excluding hydrogens is 198 g/mol. The lowest BCUT2D eigenvalue weighted by atomic mass is 9.87. The summed E-state index contributed by atoms with van der Waals surface area (Å²) in [5.74, 6) is 1.19. The molecule has 1 amide bonds. The van der Waals surface area contributed by atoms with Crippen molar-refractivity contribution in [2.75, 3.05) is 0 Å².